The molecule has 1 N–H and O–H groups in total. The van der Waals surface area contributed by atoms with Gasteiger partial charge in [0.2, 0.25) is 0 Å². The number of methoxy groups -OCH3 is 1. The molecule has 0 radical (unpaired) electrons. The molecule has 8 heteroatoms. The largest absolute Gasteiger partial charge is 0.468 e. The van der Waals surface area contributed by atoms with Gasteiger partial charge in [-0.25, -0.2) is 0 Å². The van der Waals surface area contributed by atoms with Gasteiger partial charge in [-0.1, -0.05) is 6.92 Å². The summed E-state index contributed by atoms with van der Waals surface area (Å²) >= 11 is 0. The first-order valence-electron chi connectivity index (χ1n) is 5.29. The molecule has 1 rings (SSSR count). The number of likely N-dealkylation sites (N-methyl/N-ethyl adjacent to an activating group) is 1. The quantitative estimate of drug-likeness (QED) is 0.809. The Morgan fingerprint density at radius 2 is 2.28 bits per heavy atom. The monoisotopic (exact) mass is 265 g/mol. The molecule has 0 aliphatic rings. The summed E-state index contributed by atoms with van der Waals surface area (Å²) in [6, 6.07) is -0.721. The van der Waals surface area contributed by atoms with Crippen molar-refractivity contribution in [3.05, 3.63) is 18.0 Å². The molecule has 0 saturated carbocycles. The van der Waals surface area contributed by atoms with Crippen LogP contribution in [0.15, 0.2) is 12.4 Å². The van der Waals surface area contributed by atoms with Crippen LogP contribution in [0.5, 0.6) is 0 Å². The van der Waals surface area contributed by atoms with Crippen LogP contribution in [0, 0.1) is 0 Å². The second-order valence-corrected chi connectivity index (χ2v) is 3.58. The second kappa shape index (κ2) is 5.85. The highest BCUT2D eigenvalue weighted by atomic mass is 19.4. The van der Waals surface area contributed by atoms with Crippen molar-refractivity contribution in [2.45, 2.75) is 25.7 Å². The maximum atomic E-state index is 12.4. The average Bonchev–Trinajstić information content (AvgIpc) is 2.75. The molecule has 5 nitrogen and oxygen atoms in total. The molecular formula is C10H14F3N3O2. The summed E-state index contributed by atoms with van der Waals surface area (Å²) in [5.41, 5.74) is -0.845. The molecular weight excluding hydrogens is 251 g/mol. The van der Waals surface area contributed by atoms with Crippen molar-refractivity contribution >= 4 is 5.97 Å². The fraction of sp³-hybridized carbons (Fsp3) is 0.600. The number of nitrogens with zero attached hydrogens (tertiary/aromatic N) is 2. The van der Waals surface area contributed by atoms with E-state index in [0.29, 0.717) is 6.54 Å². The molecule has 0 saturated heterocycles. The topological polar surface area (TPSA) is 56.2 Å². The van der Waals surface area contributed by atoms with Crippen molar-refractivity contribution in [1.82, 2.24) is 15.1 Å². The lowest BCUT2D eigenvalue weighted by molar-refractivity contribution is -0.143. The number of aromatic nitrogens is 2. The minimum absolute atomic E-state index is 0.0173. The first-order valence-corrected chi connectivity index (χ1v) is 5.29. The minimum Gasteiger partial charge on any atom is -0.468 e. The van der Waals surface area contributed by atoms with Gasteiger partial charge in [-0.3, -0.25) is 9.48 Å². The smallest absolute Gasteiger partial charge is 0.419 e. The van der Waals surface area contributed by atoms with Gasteiger partial charge in [0.1, 0.15) is 6.04 Å². The number of rotatable bonds is 5. The van der Waals surface area contributed by atoms with Crippen molar-refractivity contribution in [2.24, 2.45) is 0 Å². The molecule has 0 amide bonds. The Morgan fingerprint density at radius 3 is 2.72 bits per heavy atom. The van der Waals surface area contributed by atoms with E-state index in [4.69, 9.17) is 0 Å². The zero-order valence-electron chi connectivity index (χ0n) is 9.99. The van der Waals surface area contributed by atoms with E-state index in [1.54, 1.807) is 6.92 Å². The van der Waals surface area contributed by atoms with Gasteiger partial charge in [-0.05, 0) is 6.54 Å². The molecule has 0 bridgehead atoms. The van der Waals surface area contributed by atoms with E-state index < -0.39 is 23.8 Å². The van der Waals surface area contributed by atoms with Crippen molar-refractivity contribution in [3.63, 3.8) is 0 Å². The minimum atomic E-state index is -4.43. The predicted octanol–water partition coefficient (Wildman–Crippen LogP) is 1.05. The van der Waals surface area contributed by atoms with Gasteiger partial charge in [0.05, 0.1) is 25.4 Å². The zero-order valence-corrected chi connectivity index (χ0v) is 9.99. The third kappa shape index (κ3) is 3.73. The highest BCUT2D eigenvalue weighted by molar-refractivity contribution is 5.75. The first kappa shape index (κ1) is 14.5. The molecule has 1 heterocycles. The molecule has 0 aromatic carbocycles. The highest BCUT2D eigenvalue weighted by Gasteiger charge is 2.32. The lowest BCUT2D eigenvalue weighted by atomic mass is 10.3. The Morgan fingerprint density at radius 1 is 1.61 bits per heavy atom. The second-order valence-electron chi connectivity index (χ2n) is 3.58. The molecule has 1 atom stereocenters. The van der Waals surface area contributed by atoms with Crippen molar-refractivity contribution < 1.29 is 22.7 Å². The molecule has 1 aromatic rings. The van der Waals surface area contributed by atoms with Crippen molar-refractivity contribution in [2.75, 3.05) is 13.7 Å². The van der Waals surface area contributed by atoms with E-state index in [1.165, 1.54) is 7.11 Å². The normalized spacial score (nSPS) is 13.4. The summed E-state index contributed by atoms with van der Waals surface area (Å²) in [5, 5.41) is 6.38. The van der Waals surface area contributed by atoms with Crippen molar-refractivity contribution in [1.29, 1.82) is 0 Å². The first-order chi connectivity index (χ1) is 8.38. The summed E-state index contributed by atoms with van der Waals surface area (Å²) in [5.74, 6) is -0.541. The number of carbonyl (C=O) groups is 1. The van der Waals surface area contributed by atoms with Crippen LogP contribution in [-0.2, 0) is 22.3 Å². The number of nitrogens with one attached hydrogen (secondary N) is 1. The van der Waals surface area contributed by atoms with E-state index in [-0.39, 0.29) is 6.54 Å². The van der Waals surface area contributed by atoms with Gasteiger partial charge in [0, 0.05) is 6.20 Å². The molecule has 0 fully saturated rings. The fourth-order valence-electron chi connectivity index (χ4n) is 1.41. The molecule has 1 unspecified atom stereocenters. The summed E-state index contributed by atoms with van der Waals surface area (Å²) in [6.07, 6.45) is -2.86. The summed E-state index contributed by atoms with van der Waals surface area (Å²) in [4.78, 5) is 11.4. The predicted molar refractivity (Wildman–Crippen MR) is 56.7 cm³/mol. The molecule has 18 heavy (non-hydrogen) atoms. The molecule has 102 valence electrons. The van der Waals surface area contributed by atoms with Crippen LogP contribution in [0.25, 0.3) is 0 Å². The molecule has 0 aliphatic heterocycles. The maximum absolute atomic E-state index is 12.4. The van der Waals surface area contributed by atoms with E-state index in [0.717, 1.165) is 17.1 Å². The van der Waals surface area contributed by atoms with E-state index in [9.17, 15) is 18.0 Å². The van der Waals surface area contributed by atoms with Crippen LogP contribution in [0.2, 0.25) is 0 Å². The van der Waals surface area contributed by atoms with Gasteiger partial charge in [0.25, 0.3) is 0 Å². The lowest BCUT2D eigenvalue weighted by Gasteiger charge is -2.15. The number of halogens is 3. The van der Waals surface area contributed by atoms with Crippen LogP contribution in [0.4, 0.5) is 13.2 Å². The van der Waals surface area contributed by atoms with E-state index >= 15 is 0 Å². The van der Waals surface area contributed by atoms with Crippen LogP contribution in [0.1, 0.15) is 12.5 Å². The van der Waals surface area contributed by atoms with Crippen LogP contribution in [0.3, 0.4) is 0 Å². The summed E-state index contributed by atoms with van der Waals surface area (Å²) < 4.78 is 42.7. The third-order valence-corrected chi connectivity index (χ3v) is 2.27. The highest BCUT2D eigenvalue weighted by Crippen LogP contribution is 2.28. The van der Waals surface area contributed by atoms with Gasteiger partial charge >= 0.3 is 12.1 Å². The van der Waals surface area contributed by atoms with E-state index in [1.807, 2.05) is 0 Å². The average molecular weight is 265 g/mol. The van der Waals surface area contributed by atoms with E-state index in [2.05, 4.69) is 15.2 Å². The zero-order chi connectivity index (χ0) is 13.8. The van der Waals surface area contributed by atoms with Crippen LogP contribution >= 0.6 is 0 Å². The van der Waals surface area contributed by atoms with Crippen LogP contribution in [-0.4, -0.2) is 35.4 Å². The number of esters is 1. The van der Waals surface area contributed by atoms with Gasteiger partial charge in [-0.15, -0.1) is 0 Å². The summed E-state index contributed by atoms with van der Waals surface area (Å²) in [6.45, 7) is 2.25. The Labute approximate surface area is 102 Å². The number of alkyl halides is 3. The lowest BCUT2D eigenvalue weighted by Crippen LogP contribution is -2.41. The SMILES string of the molecule is CCNC(Cn1cc(C(F)(F)F)cn1)C(=O)OC. The van der Waals surface area contributed by atoms with Gasteiger partial charge in [-0.2, -0.15) is 18.3 Å². The molecule has 1 aromatic heterocycles. The maximum Gasteiger partial charge on any atom is 0.419 e. The Balaban J connectivity index is 2.75. The Hall–Kier alpha value is -1.57. The number of hydrogen-bond acceptors (Lipinski definition) is 4. The fourth-order valence-corrected chi connectivity index (χ4v) is 1.41. The number of ether oxygens (including phenoxy) is 1. The summed E-state index contributed by atoms with van der Waals surface area (Å²) in [7, 11) is 1.22. The van der Waals surface area contributed by atoms with Gasteiger partial charge in [0.15, 0.2) is 0 Å². The van der Waals surface area contributed by atoms with Crippen molar-refractivity contribution in [3.8, 4) is 0 Å². The van der Waals surface area contributed by atoms with Crippen LogP contribution < -0.4 is 5.32 Å². The third-order valence-electron chi connectivity index (χ3n) is 2.27. The van der Waals surface area contributed by atoms with Gasteiger partial charge < -0.3 is 10.1 Å². The molecule has 0 spiro atoms. The number of hydrogen-bond donors (Lipinski definition) is 1. The standard InChI is InChI=1S/C10H14F3N3O2/c1-3-14-8(9(17)18-2)6-16-5-7(4-15-16)10(11,12)13/h4-5,8,14H,3,6H2,1-2H3. The number of carbonyl (C=O) groups excluding carboxylic acids is 1. The Kier molecular flexibility index (Phi) is 4.71. The Bertz CT molecular complexity index is 403. The molecule has 0 aliphatic carbocycles.